The lowest BCUT2D eigenvalue weighted by Gasteiger charge is -2.30. The second-order valence-corrected chi connectivity index (χ2v) is 7.49. The fourth-order valence-corrected chi connectivity index (χ4v) is 3.97. The highest BCUT2D eigenvalue weighted by Gasteiger charge is 2.21. The standard InChI is InChI=1S/C19H21N3OS/c1-13-5-6-17-15(8-13)9-16(10-20)19(21-17)24-12-18(23)22-7-3-4-14(2)11-22/h5-6,8-9,14H,3-4,7,11-12H2,1-2H3. The minimum absolute atomic E-state index is 0.140. The number of pyridine rings is 1. The molecule has 1 aromatic carbocycles. The Hall–Kier alpha value is -2.06. The van der Waals surface area contributed by atoms with Crippen LogP contribution in [0.3, 0.4) is 0 Å². The molecule has 1 amide bonds. The minimum Gasteiger partial charge on any atom is -0.342 e. The Labute approximate surface area is 146 Å². The van der Waals surface area contributed by atoms with Gasteiger partial charge in [0.25, 0.3) is 0 Å². The summed E-state index contributed by atoms with van der Waals surface area (Å²) < 4.78 is 0. The summed E-state index contributed by atoms with van der Waals surface area (Å²) in [5.41, 5.74) is 2.54. The van der Waals surface area contributed by atoms with E-state index in [1.54, 1.807) is 0 Å². The lowest BCUT2D eigenvalue weighted by Crippen LogP contribution is -2.40. The number of nitrogens with zero attached hydrogens (tertiary/aromatic N) is 3. The molecule has 1 saturated heterocycles. The van der Waals surface area contributed by atoms with Crippen LogP contribution in [0.1, 0.15) is 30.9 Å². The number of hydrogen-bond acceptors (Lipinski definition) is 4. The quantitative estimate of drug-likeness (QED) is 0.799. The number of piperidine rings is 1. The van der Waals surface area contributed by atoms with Crippen LogP contribution in [0, 0.1) is 24.2 Å². The summed E-state index contributed by atoms with van der Waals surface area (Å²) >= 11 is 1.37. The third-order valence-corrected chi connectivity index (χ3v) is 5.37. The van der Waals surface area contributed by atoms with E-state index < -0.39 is 0 Å². The summed E-state index contributed by atoms with van der Waals surface area (Å²) in [6.45, 7) is 5.90. The molecule has 2 aromatic rings. The molecule has 5 heteroatoms. The van der Waals surface area contributed by atoms with Gasteiger partial charge in [-0.05, 0) is 43.9 Å². The third-order valence-electron chi connectivity index (χ3n) is 4.40. The zero-order chi connectivity index (χ0) is 17.1. The summed E-state index contributed by atoms with van der Waals surface area (Å²) in [5.74, 6) is 1.05. The Morgan fingerprint density at radius 2 is 2.29 bits per heavy atom. The predicted molar refractivity (Wildman–Crippen MR) is 96.9 cm³/mol. The molecule has 0 radical (unpaired) electrons. The van der Waals surface area contributed by atoms with Crippen LogP contribution in [0.15, 0.2) is 29.3 Å². The number of carbonyl (C=O) groups excluding carboxylic acids is 1. The van der Waals surface area contributed by atoms with E-state index in [0.29, 0.717) is 22.3 Å². The molecule has 1 aliphatic rings. The van der Waals surface area contributed by atoms with Crippen LogP contribution in [-0.2, 0) is 4.79 Å². The molecule has 1 atom stereocenters. The number of amides is 1. The SMILES string of the molecule is Cc1ccc2nc(SCC(=O)N3CCCC(C)C3)c(C#N)cc2c1. The molecule has 0 aliphatic carbocycles. The highest BCUT2D eigenvalue weighted by Crippen LogP contribution is 2.26. The first-order valence-corrected chi connectivity index (χ1v) is 9.27. The van der Waals surface area contributed by atoms with Crippen LogP contribution in [0.4, 0.5) is 0 Å². The molecule has 1 aromatic heterocycles. The molecule has 4 nitrogen and oxygen atoms in total. The Bertz CT molecular complexity index is 812. The van der Waals surface area contributed by atoms with Crippen molar-refractivity contribution in [2.24, 2.45) is 5.92 Å². The van der Waals surface area contributed by atoms with Crippen molar-refractivity contribution in [3.05, 3.63) is 35.4 Å². The Balaban J connectivity index is 1.76. The number of aromatic nitrogens is 1. The van der Waals surface area contributed by atoms with Gasteiger partial charge >= 0.3 is 0 Å². The van der Waals surface area contributed by atoms with Gasteiger partial charge in [-0.3, -0.25) is 4.79 Å². The lowest BCUT2D eigenvalue weighted by molar-refractivity contribution is -0.130. The second kappa shape index (κ2) is 7.23. The molecule has 0 N–H and O–H groups in total. The normalized spacial score (nSPS) is 17.7. The molecule has 1 aliphatic heterocycles. The lowest BCUT2D eigenvalue weighted by atomic mass is 10.0. The summed E-state index contributed by atoms with van der Waals surface area (Å²) in [7, 11) is 0. The monoisotopic (exact) mass is 339 g/mol. The highest BCUT2D eigenvalue weighted by molar-refractivity contribution is 8.00. The van der Waals surface area contributed by atoms with E-state index in [1.165, 1.54) is 18.2 Å². The maximum Gasteiger partial charge on any atom is 0.232 e. The summed E-state index contributed by atoms with van der Waals surface area (Å²) in [4.78, 5) is 19.0. The summed E-state index contributed by atoms with van der Waals surface area (Å²) in [5, 5.41) is 11.0. The molecule has 0 saturated carbocycles. The molecule has 124 valence electrons. The summed E-state index contributed by atoms with van der Waals surface area (Å²) in [6.07, 6.45) is 2.27. The van der Waals surface area contributed by atoms with Gasteiger partial charge in [-0.1, -0.05) is 30.3 Å². The van der Waals surface area contributed by atoms with Gasteiger partial charge in [0.2, 0.25) is 5.91 Å². The molecule has 0 spiro atoms. The fourth-order valence-electron chi connectivity index (χ4n) is 3.11. The zero-order valence-corrected chi connectivity index (χ0v) is 14.9. The van der Waals surface area contributed by atoms with E-state index >= 15 is 0 Å². The van der Waals surface area contributed by atoms with Gasteiger partial charge in [0.15, 0.2) is 0 Å². The van der Waals surface area contributed by atoms with E-state index in [-0.39, 0.29) is 5.91 Å². The number of aryl methyl sites for hydroxylation is 1. The van der Waals surface area contributed by atoms with Gasteiger partial charge < -0.3 is 4.90 Å². The largest absolute Gasteiger partial charge is 0.342 e. The minimum atomic E-state index is 0.140. The third kappa shape index (κ3) is 3.70. The first-order chi connectivity index (χ1) is 11.6. The van der Waals surface area contributed by atoms with Crippen LogP contribution in [0.2, 0.25) is 0 Å². The number of thioether (sulfide) groups is 1. The Morgan fingerprint density at radius 1 is 1.46 bits per heavy atom. The van der Waals surface area contributed by atoms with Crippen LogP contribution >= 0.6 is 11.8 Å². The smallest absolute Gasteiger partial charge is 0.232 e. The molecule has 1 fully saturated rings. The summed E-state index contributed by atoms with van der Waals surface area (Å²) in [6, 6.07) is 10.1. The van der Waals surface area contributed by atoms with Gasteiger partial charge in [0.1, 0.15) is 11.1 Å². The van der Waals surface area contributed by atoms with Gasteiger partial charge in [-0.15, -0.1) is 0 Å². The molecule has 24 heavy (non-hydrogen) atoms. The topological polar surface area (TPSA) is 57.0 Å². The van der Waals surface area contributed by atoms with Crippen molar-refractivity contribution >= 4 is 28.6 Å². The van der Waals surface area contributed by atoms with Crippen molar-refractivity contribution < 1.29 is 4.79 Å². The average molecular weight is 339 g/mol. The first-order valence-electron chi connectivity index (χ1n) is 8.29. The van der Waals surface area contributed by atoms with E-state index in [0.717, 1.165) is 36.0 Å². The van der Waals surface area contributed by atoms with Crippen LogP contribution in [0.25, 0.3) is 10.9 Å². The number of rotatable bonds is 3. The molecular weight excluding hydrogens is 318 g/mol. The number of hydrogen-bond donors (Lipinski definition) is 0. The number of nitriles is 1. The van der Waals surface area contributed by atoms with Crippen LogP contribution < -0.4 is 0 Å². The van der Waals surface area contributed by atoms with Crippen molar-refractivity contribution in [2.45, 2.75) is 31.7 Å². The number of likely N-dealkylation sites (tertiary alicyclic amines) is 1. The van der Waals surface area contributed by atoms with Crippen LogP contribution in [0.5, 0.6) is 0 Å². The first kappa shape index (κ1) is 16.8. The van der Waals surface area contributed by atoms with Crippen LogP contribution in [-0.4, -0.2) is 34.6 Å². The van der Waals surface area contributed by atoms with E-state index in [9.17, 15) is 10.1 Å². The molecular formula is C19H21N3OS. The second-order valence-electron chi connectivity index (χ2n) is 6.52. The Morgan fingerprint density at radius 3 is 3.04 bits per heavy atom. The Kier molecular flexibility index (Phi) is 5.06. The maximum absolute atomic E-state index is 12.4. The average Bonchev–Trinajstić information content (AvgIpc) is 2.58. The number of fused-ring (bicyclic) bond motifs is 1. The predicted octanol–water partition coefficient (Wildman–Crippen LogP) is 3.77. The molecule has 1 unspecified atom stereocenters. The molecule has 2 heterocycles. The van der Waals surface area contributed by atoms with Gasteiger partial charge in [0.05, 0.1) is 16.8 Å². The maximum atomic E-state index is 12.4. The molecule has 0 bridgehead atoms. The van der Waals surface area contributed by atoms with Crippen molar-refractivity contribution in [3.8, 4) is 6.07 Å². The zero-order valence-electron chi connectivity index (χ0n) is 14.1. The van der Waals surface area contributed by atoms with E-state index in [1.807, 2.05) is 36.1 Å². The van der Waals surface area contributed by atoms with Gasteiger partial charge in [-0.2, -0.15) is 5.26 Å². The fraction of sp³-hybridized carbons (Fsp3) is 0.421. The van der Waals surface area contributed by atoms with Crippen molar-refractivity contribution in [1.82, 2.24) is 9.88 Å². The van der Waals surface area contributed by atoms with E-state index in [2.05, 4.69) is 18.0 Å². The molecule has 3 rings (SSSR count). The van der Waals surface area contributed by atoms with E-state index in [4.69, 9.17) is 0 Å². The van der Waals surface area contributed by atoms with Crippen molar-refractivity contribution in [2.75, 3.05) is 18.8 Å². The van der Waals surface area contributed by atoms with Gasteiger partial charge in [0, 0.05) is 18.5 Å². The number of benzene rings is 1. The van der Waals surface area contributed by atoms with Gasteiger partial charge in [-0.25, -0.2) is 4.98 Å². The number of carbonyl (C=O) groups is 1. The van der Waals surface area contributed by atoms with Crippen molar-refractivity contribution in [1.29, 1.82) is 5.26 Å². The van der Waals surface area contributed by atoms with Crippen molar-refractivity contribution in [3.63, 3.8) is 0 Å². The highest BCUT2D eigenvalue weighted by atomic mass is 32.2.